The molecule has 2 saturated heterocycles. The molecule has 0 aromatic carbocycles. The summed E-state index contributed by atoms with van der Waals surface area (Å²) in [5.74, 6) is 2.78. The van der Waals surface area contributed by atoms with Crippen molar-refractivity contribution in [1.29, 1.82) is 0 Å². The van der Waals surface area contributed by atoms with Gasteiger partial charge in [0.05, 0.1) is 12.3 Å². The molecule has 0 radical (unpaired) electrons. The van der Waals surface area contributed by atoms with Crippen molar-refractivity contribution in [3.8, 4) is 0 Å². The lowest BCUT2D eigenvalue weighted by Crippen LogP contribution is -2.53. The van der Waals surface area contributed by atoms with E-state index >= 15 is 0 Å². The molecule has 28 heavy (non-hydrogen) atoms. The van der Waals surface area contributed by atoms with E-state index in [1.165, 1.54) is 12.8 Å². The zero-order valence-electron chi connectivity index (χ0n) is 16.5. The molecule has 150 valence electrons. The van der Waals surface area contributed by atoms with Crippen LogP contribution in [0.2, 0.25) is 0 Å². The molecule has 1 N–H and O–H groups in total. The van der Waals surface area contributed by atoms with E-state index in [-0.39, 0.29) is 6.04 Å². The molecule has 1 unspecified atom stereocenters. The van der Waals surface area contributed by atoms with Gasteiger partial charge in [-0.05, 0) is 44.1 Å². The molecule has 4 rings (SSSR count). The number of hydrogen-bond donors (Lipinski definition) is 1. The fourth-order valence-electron chi connectivity index (χ4n) is 4.04. The van der Waals surface area contributed by atoms with Crippen LogP contribution in [0.1, 0.15) is 24.6 Å². The molecule has 0 bridgehead atoms. The summed E-state index contributed by atoms with van der Waals surface area (Å²) in [4.78, 5) is 20.3. The van der Waals surface area contributed by atoms with Crippen LogP contribution in [0.15, 0.2) is 46.3 Å². The first-order valence-electron chi connectivity index (χ1n) is 10.1. The van der Waals surface area contributed by atoms with E-state index in [2.05, 4.69) is 41.0 Å². The first kappa shape index (κ1) is 18.7. The third-order valence-electron chi connectivity index (χ3n) is 5.53. The zero-order chi connectivity index (χ0) is 19.2. The highest BCUT2D eigenvalue weighted by atomic mass is 16.3. The molecule has 2 aromatic rings. The van der Waals surface area contributed by atoms with Crippen molar-refractivity contribution in [3.05, 3.63) is 42.6 Å². The Balaban J connectivity index is 1.34. The van der Waals surface area contributed by atoms with Crippen LogP contribution >= 0.6 is 0 Å². The summed E-state index contributed by atoms with van der Waals surface area (Å²) < 4.78 is 5.73. The topological polar surface area (TPSA) is 73.0 Å². The van der Waals surface area contributed by atoms with Gasteiger partial charge >= 0.3 is 0 Å². The van der Waals surface area contributed by atoms with Crippen LogP contribution in [0.4, 0.5) is 5.95 Å². The molecule has 4 heterocycles. The molecule has 2 aliphatic rings. The predicted molar refractivity (Wildman–Crippen MR) is 109 cm³/mol. The van der Waals surface area contributed by atoms with Gasteiger partial charge in [-0.2, -0.15) is 0 Å². The van der Waals surface area contributed by atoms with E-state index < -0.39 is 0 Å². The number of guanidine groups is 1. The number of anilines is 1. The first-order valence-corrected chi connectivity index (χ1v) is 10.1. The summed E-state index contributed by atoms with van der Waals surface area (Å²) in [5.41, 5.74) is 0. The number of nitrogens with zero attached hydrogens (tertiary/aromatic N) is 6. The largest absolute Gasteiger partial charge is 0.468 e. The van der Waals surface area contributed by atoms with Crippen molar-refractivity contribution in [2.45, 2.75) is 18.9 Å². The Labute approximate surface area is 166 Å². The van der Waals surface area contributed by atoms with Gasteiger partial charge in [-0.1, -0.05) is 0 Å². The molecule has 8 heteroatoms. The molecular formula is C20H29N7O. The molecule has 8 nitrogen and oxygen atoms in total. The lowest BCUT2D eigenvalue weighted by Gasteiger charge is -2.37. The molecule has 0 spiro atoms. The number of aliphatic imine (C=N–C) groups is 1. The molecule has 2 fully saturated rings. The maximum atomic E-state index is 5.73. The number of furan rings is 1. The summed E-state index contributed by atoms with van der Waals surface area (Å²) in [7, 11) is 1.85. The van der Waals surface area contributed by atoms with Crippen LogP contribution in [0.3, 0.4) is 0 Å². The Morgan fingerprint density at radius 3 is 2.50 bits per heavy atom. The van der Waals surface area contributed by atoms with Gasteiger partial charge in [-0.15, -0.1) is 0 Å². The Morgan fingerprint density at radius 1 is 1.11 bits per heavy atom. The number of piperazine rings is 1. The molecule has 2 aliphatic heterocycles. The molecule has 0 saturated carbocycles. The Morgan fingerprint density at radius 2 is 1.86 bits per heavy atom. The second-order valence-corrected chi connectivity index (χ2v) is 7.23. The SMILES string of the molecule is CN=C(NCC(c1ccco1)N1CCCC1)N1CCN(c2ncccn2)CC1. The van der Waals surface area contributed by atoms with E-state index in [4.69, 9.17) is 4.42 Å². The van der Waals surface area contributed by atoms with Crippen molar-refractivity contribution in [2.24, 2.45) is 4.99 Å². The molecule has 0 aliphatic carbocycles. The Hall–Kier alpha value is -2.61. The second kappa shape index (κ2) is 9.05. The number of hydrogen-bond acceptors (Lipinski definition) is 6. The summed E-state index contributed by atoms with van der Waals surface area (Å²) >= 11 is 0. The van der Waals surface area contributed by atoms with Gasteiger partial charge in [0.25, 0.3) is 0 Å². The Kier molecular flexibility index (Phi) is 6.06. The normalized spacial score (nSPS) is 19.8. The standard InChI is InChI=1S/C20H29N7O/c1-21-19(26-11-13-27(14-12-26)20-22-7-5-8-23-20)24-16-17(18-6-4-15-28-18)25-9-2-3-10-25/h4-8,15,17H,2-3,9-14,16H2,1H3,(H,21,24). The van der Waals surface area contributed by atoms with Gasteiger partial charge in [-0.25, -0.2) is 9.97 Å². The van der Waals surface area contributed by atoms with Gasteiger partial charge in [-0.3, -0.25) is 9.89 Å². The van der Waals surface area contributed by atoms with Gasteiger partial charge in [0.15, 0.2) is 5.96 Å². The fourth-order valence-corrected chi connectivity index (χ4v) is 4.04. The first-order chi connectivity index (χ1) is 13.8. The van der Waals surface area contributed by atoms with E-state index in [0.717, 1.165) is 63.5 Å². The lowest BCUT2D eigenvalue weighted by molar-refractivity contribution is 0.213. The van der Waals surface area contributed by atoms with E-state index in [9.17, 15) is 0 Å². The van der Waals surface area contributed by atoms with Gasteiger partial charge < -0.3 is 19.5 Å². The number of aromatic nitrogens is 2. The predicted octanol–water partition coefficient (Wildman–Crippen LogP) is 1.60. The van der Waals surface area contributed by atoms with E-state index in [1.54, 1.807) is 18.7 Å². The molecule has 0 amide bonds. The zero-order valence-corrected chi connectivity index (χ0v) is 16.5. The molecular weight excluding hydrogens is 354 g/mol. The number of rotatable bonds is 5. The van der Waals surface area contributed by atoms with Gasteiger partial charge in [0.2, 0.25) is 5.95 Å². The second-order valence-electron chi connectivity index (χ2n) is 7.23. The van der Waals surface area contributed by atoms with Crippen molar-refractivity contribution in [3.63, 3.8) is 0 Å². The molecule has 1 atom stereocenters. The quantitative estimate of drug-likeness (QED) is 0.621. The van der Waals surface area contributed by atoms with Crippen LogP contribution in [-0.2, 0) is 0 Å². The highest BCUT2D eigenvalue weighted by molar-refractivity contribution is 5.80. The van der Waals surface area contributed by atoms with E-state index in [1.807, 2.05) is 19.2 Å². The minimum atomic E-state index is 0.244. The summed E-state index contributed by atoms with van der Waals surface area (Å²) in [6.07, 6.45) is 7.87. The van der Waals surface area contributed by atoms with Crippen LogP contribution in [0, 0.1) is 0 Å². The van der Waals surface area contributed by atoms with Gasteiger partial charge in [0.1, 0.15) is 5.76 Å². The summed E-state index contributed by atoms with van der Waals surface area (Å²) in [6.45, 7) is 6.61. The minimum absolute atomic E-state index is 0.244. The smallest absolute Gasteiger partial charge is 0.225 e. The minimum Gasteiger partial charge on any atom is -0.468 e. The third kappa shape index (κ3) is 4.27. The highest BCUT2D eigenvalue weighted by Crippen LogP contribution is 2.25. The van der Waals surface area contributed by atoms with E-state index in [0.29, 0.717) is 0 Å². The monoisotopic (exact) mass is 383 g/mol. The lowest BCUT2D eigenvalue weighted by atomic mass is 10.2. The summed E-state index contributed by atoms with van der Waals surface area (Å²) in [6, 6.07) is 6.14. The maximum Gasteiger partial charge on any atom is 0.225 e. The van der Waals surface area contributed by atoms with Crippen molar-refractivity contribution in [2.75, 3.05) is 57.8 Å². The number of likely N-dealkylation sites (tertiary alicyclic amines) is 1. The van der Waals surface area contributed by atoms with Crippen molar-refractivity contribution in [1.82, 2.24) is 25.1 Å². The average molecular weight is 384 g/mol. The van der Waals surface area contributed by atoms with Crippen LogP contribution in [-0.4, -0.2) is 78.6 Å². The summed E-state index contributed by atoms with van der Waals surface area (Å²) in [5, 5.41) is 3.58. The highest BCUT2D eigenvalue weighted by Gasteiger charge is 2.27. The maximum absolute atomic E-state index is 5.73. The molecule has 2 aromatic heterocycles. The van der Waals surface area contributed by atoms with Crippen LogP contribution < -0.4 is 10.2 Å². The fraction of sp³-hybridized carbons (Fsp3) is 0.550. The third-order valence-corrected chi connectivity index (χ3v) is 5.53. The average Bonchev–Trinajstić information content (AvgIpc) is 3.47. The number of nitrogens with one attached hydrogen (secondary N) is 1. The van der Waals surface area contributed by atoms with Crippen molar-refractivity contribution >= 4 is 11.9 Å². The van der Waals surface area contributed by atoms with Crippen LogP contribution in [0.25, 0.3) is 0 Å². The van der Waals surface area contributed by atoms with Crippen LogP contribution in [0.5, 0.6) is 0 Å². The van der Waals surface area contributed by atoms with Gasteiger partial charge in [0, 0.05) is 52.2 Å². The van der Waals surface area contributed by atoms with Crippen molar-refractivity contribution < 1.29 is 4.42 Å². The Bertz CT molecular complexity index is 735.